The van der Waals surface area contributed by atoms with Gasteiger partial charge in [-0.2, -0.15) is 4.39 Å². The predicted octanol–water partition coefficient (Wildman–Crippen LogP) is 0.579. The second-order valence-electron chi connectivity index (χ2n) is 3.34. The molecule has 0 bridgehead atoms. The van der Waals surface area contributed by atoms with Gasteiger partial charge in [0, 0.05) is 13.2 Å². The Morgan fingerprint density at radius 2 is 2.40 bits per heavy atom. The summed E-state index contributed by atoms with van der Waals surface area (Å²) in [5.41, 5.74) is 0.0418. The van der Waals surface area contributed by atoms with E-state index in [1.807, 2.05) is 0 Å². The van der Waals surface area contributed by atoms with E-state index >= 15 is 0 Å². The Kier molecular flexibility index (Phi) is 4.17. The molecule has 5 heteroatoms. The highest BCUT2D eigenvalue weighted by atomic mass is 19.1. The van der Waals surface area contributed by atoms with E-state index in [2.05, 4.69) is 10.3 Å². The molecule has 1 atom stereocenters. The second-order valence-corrected chi connectivity index (χ2v) is 3.34. The molecule has 1 rings (SSSR count). The van der Waals surface area contributed by atoms with Gasteiger partial charge in [-0.1, -0.05) is 13.0 Å². The highest BCUT2D eigenvalue weighted by Gasteiger charge is 2.08. The number of nitrogens with zero attached hydrogens (tertiary/aromatic N) is 1. The van der Waals surface area contributed by atoms with Crippen molar-refractivity contribution in [2.75, 3.05) is 13.2 Å². The minimum Gasteiger partial charge on any atom is -0.396 e. The maximum atomic E-state index is 12.7. The van der Waals surface area contributed by atoms with Crippen LogP contribution in [-0.4, -0.2) is 29.1 Å². The average molecular weight is 212 g/mol. The fourth-order valence-corrected chi connectivity index (χ4v) is 0.957. The number of hydrogen-bond acceptors (Lipinski definition) is 3. The van der Waals surface area contributed by atoms with Crippen LogP contribution in [0.3, 0.4) is 0 Å². The molecule has 0 saturated carbocycles. The number of carbonyl (C=O) groups is 1. The van der Waals surface area contributed by atoms with Crippen molar-refractivity contribution in [3.63, 3.8) is 0 Å². The van der Waals surface area contributed by atoms with Gasteiger partial charge in [-0.3, -0.25) is 4.79 Å². The summed E-state index contributed by atoms with van der Waals surface area (Å²) in [7, 11) is 0. The van der Waals surface area contributed by atoms with E-state index in [0.717, 1.165) is 0 Å². The van der Waals surface area contributed by atoms with E-state index in [1.165, 1.54) is 18.2 Å². The van der Waals surface area contributed by atoms with E-state index in [-0.39, 0.29) is 18.2 Å². The zero-order valence-electron chi connectivity index (χ0n) is 8.40. The van der Waals surface area contributed by atoms with Gasteiger partial charge in [0.25, 0.3) is 5.91 Å². The predicted molar refractivity (Wildman–Crippen MR) is 52.8 cm³/mol. The van der Waals surface area contributed by atoms with Crippen LogP contribution in [0.25, 0.3) is 0 Å². The molecule has 1 aromatic rings. The summed E-state index contributed by atoms with van der Waals surface area (Å²) in [6.45, 7) is 2.13. The lowest BCUT2D eigenvalue weighted by Gasteiger charge is -2.08. The lowest BCUT2D eigenvalue weighted by molar-refractivity contribution is 0.0936. The first-order valence-corrected chi connectivity index (χ1v) is 4.65. The second kappa shape index (κ2) is 5.41. The first-order valence-electron chi connectivity index (χ1n) is 4.65. The van der Waals surface area contributed by atoms with Gasteiger partial charge < -0.3 is 10.4 Å². The molecule has 82 valence electrons. The van der Waals surface area contributed by atoms with Crippen LogP contribution >= 0.6 is 0 Å². The van der Waals surface area contributed by atoms with Gasteiger partial charge in [0.1, 0.15) is 5.69 Å². The lowest BCUT2D eigenvalue weighted by atomic mass is 10.2. The first kappa shape index (κ1) is 11.6. The topological polar surface area (TPSA) is 62.2 Å². The zero-order valence-corrected chi connectivity index (χ0v) is 8.40. The van der Waals surface area contributed by atoms with Crippen LogP contribution in [0.1, 0.15) is 17.4 Å². The minimum absolute atomic E-state index is 0.00312. The van der Waals surface area contributed by atoms with Crippen molar-refractivity contribution < 1.29 is 14.3 Å². The Labute approximate surface area is 87.1 Å². The molecule has 1 unspecified atom stereocenters. The quantitative estimate of drug-likeness (QED) is 0.717. The molecular weight excluding hydrogens is 199 g/mol. The molecule has 0 spiro atoms. The molecule has 0 aliphatic heterocycles. The third-order valence-corrected chi connectivity index (χ3v) is 1.87. The van der Waals surface area contributed by atoms with Crippen molar-refractivity contribution in [3.8, 4) is 0 Å². The van der Waals surface area contributed by atoms with E-state index in [9.17, 15) is 9.18 Å². The molecule has 1 amide bonds. The zero-order chi connectivity index (χ0) is 11.3. The molecule has 4 nitrogen and oxygen atoms in total. The highest BCUT2D eigenvalue weighted by Crippen LogP contribution is 1.98. The minimum atomic E-state index is -0.683. The fourth-order valence-electron chi connectivity index (χ4n) is 0.957. The van der Waals surface area contributed by atoms with Gasteiger partial charge in [-0.05, 0) is 18.1 Å². The number of aliphatic hydroxyl groups is 1. The van der Waals surface area contributed by atoms with Crippen molar-refractivity contribution in [1.82, 2.24) is 10.3 Å². The molecular formula is C10H13FN2O2. The third-order valence-electron chi connectivity index (χ3n) is 1.87. The number of carbonyl (C=O) groups excluding carboxylic acids is 1. The number of hydrogen-bond donors (Lipinski definition) is 2. The Morgan fingerprint density at radius 3 is 3.00 bits per heavy atom. The normalized spacial score (nSPS) is 12.2. The largest absolute Gasteiger partial charge is 0.396 e. The van der Waals surface area contributed by atoms with E-state index in [0.29, 0.717) is 6.54 Å². The van der Waals surface area contributed by atoms with Crippen LogP contribution < -0.4 is 5.32 Å². The Bertz CT molecular complexity index is 344. The molecule has 0 aliphatic rings. The van der Waals surface area contributed by atoms with Gasteiger partial charge in [-0.25, -0.2) is 4.98 Å². The van der Waals surface area contributed by atoms with Gasteiger partial charge in [0.15, 0.2) is 0 Å². The molecule has 2 N–H and O–H groups in total. The number of halogens is 1. The molecule has 0 radical (unpaired) electrons. The SMILES string of the molecule is CC(CO)CNC(=O)c1cccc(F)n1. The van der Waals surface area contributed by atoms with Gasteiger partial charge in [-0.15, -0.1) is 0 Å². The maximum Gasteiger partial charge on any atom is 0.270 e. The number of nitrogens with one attached hydrogen (secondary N) is 1. The molecule has 0 fully saturated rings. The van der Waals surface area contributed by atoms with Crippen LogP contribution in [0.5, 0.6) is 0 Å². The third kappa shape index (κ3) is 3.63. The number of aromatic nitrogens is 1. The van der Waals surface area contributed by atoms with Crippen LogP contribution in [0.2, 0.25) is 0 Å². The van der Waals surface area contributed by atoms with E-state index in [1.54, 1.807) is 6.92 Å². The van der Waals surface area contributed by atoms with Gasteiger partial charge >= 0.3 is 0 Å². The highest BCUT2D eigenvalue weighted by molar-refractivity contribution is 5.92. The van der Waals surface area contributed by atoms with E-state index in [4.69, 9.17) is 5.11 Å². The van der Waals surface area contributed by atoms with Crippen molar-refractivity contribution >= 4 is 5.91 Å². The van der Waals surface area contributed by atoms with Crippen LogP contribution in [0.4, 0.5) is 4.39 Å². The molecule has 0 aromatic carbocycles. The smallest absolute Gasteiger partial charge is 0.270 e. The fraction of sp³-hybridized carbons (Fsp3) is 0.400. The van der Waals surface area contributed by atoms with Crippen molar-refractivity contribution in [3.05, 3.63) is 29.8 Å². The standard InChI is InChI=1S/C10H13FN2O2/c1-7(6-14)5-12-10(15)8-3-2-4-9(11)13-8/h2-4,7,14H,5-6H2,1H3,(H,12,15). The monoisotopic (exact) mass is 212 g/mol. The van der Waals surface area contributed by atoms with Crippen LogP contribution in [0, 0.1) is 11.9 Å². The molecule has 0 saturated heterocycles. The molecule has 15 heavy (non-hydrogen) atoms. The van der Waals surface area contributed by atoms with Crippen LogP contribution in [0.15, 0.2) is 18.2 Å². The maximum absolute atomic E-state index is 12.7. The summed E-state index contributed by atoms with van der Waals surface area (Å²) in [6.07, 6.45) is 0. The summed E-state index contributed by atoms with van der Waals surface area (Å²) in [5, 5.41) is 11.3. The number of pyridine rings is 1. The van der Waals surface area contributed by atoms with E-state index < -0.39 is 11.9 Å². The molecule has 1 aromatic heterocycles. The number of aliphatic hydroxyl groups excluding tert-OH is 1. The Morgan fingerprint density at radius 1 is 1.67 bits per heavy atom. The Balaban J connectivity index is 2.54. The summed E-state index contributed by atoms with van der Waals surface area (Å²) in [6, 6.07) is 4.03. The van der Waals surface area contributed by atoms with Gasteiger partial charge in [0.05, 0.1) is 0 Å². The van der Waals surface area contributed by atoms with Crippen molar-refractivity contribution in [2.45, 2.75) is 6.92 Å². The van der Waals surface area contributed by atoms with Crippen LogP contribution in [-0.2, 0) is 0 Å². The Hall–Kier alpha value is -1.49. The van der Waals surface area contributed by atoms with Gasteiger partial charge in [0.2, 0.25) is 5.95 Å². The molecule has 1 heterocycles. The molecule has 0 aliphatic carbocycles. The number of rotatable bonds is 4. The number of amides is 1. The van der Waals surface area contributed by atoms with Crippen molar-refractivity contribution in [2.24, 2.45) is 5.92 Å². The average Bonchev–Trinajstić information content (AvgIpc) is 2.25. The lowest BCUT2D eigenvalue weighted by Crippen LogP contribution is -2.30. The summed E-state index contributed by atoms with van der Waals surface area (Å²) < 4.78 is 12.7. The summed E-state index contributed by atoms with van der Waals surface area (Å²) in [5.74, 6) is -1.14. The summed E-state index contributed by atoms with van der Waals surface area (Å²) >= 11 is 0. The van der Waals surface area contributed by atoms with Crippen molar-refractivity contribution in [1.29, 1.82) is 0 Å². The summed E-state index contributed by atoms with van der Waals surface area (Å²) in [4.78, 5) is 14.8. The first-order chi connectivity index (χ1) is 7.13.